The Labute approximate surface area is 122 Å². The van der Waals surface area contributed by atoms with Gasteiger partial charge in [-0.25, -0.2) is 8.78 Å². The Morgan fingerprint density at radius 3 is 2.71 bits per heavy atom. The summed E-state index contributed by atoms with van der Waals surface area (Å²) in [5, 5.41) is 3.23. The lowest BCUT2D eigenvalue weighted by Crippen LogP contribution is -2.51. The molecule has 1 heterocycles. The molecule has 21 heavy (non-hydrogen) atoms. The molecule has 1 aromatic carbocycles. The first-order valence-corrected chi connectivity index (χ1v) is 6.97. The number of carbonyl (C=O) groups is 2. The lowest BCUT2D eigenvalue weighted by atomic mass is 10.1. The molecular formula is C15H18F2N2O2. The van der Waals surface area contributed by atoms with Crippen LogP contribution in [0, 0.1) is 11.6 Å². The van der Waals surface area contributed by atoms with Crippen molar-refractivity contribution in [2.45, 2.75) is 25.8 Å². The van der Waals surface area contributed by atoms with Gasteiger partial charge in [-0.2, -0.15) is 0 Å². The molecule has 6 heteroatoms. The van der Waals surface area contributed by atoms with Crippen LogP contribution >= 0.6 is 0 Å². The van der Waals surface area contributed by atoms with E-state index in [4.69, 9.17) is 0 Å². The molecule has 1 aliphatic rings. The zero-order chi connectivity index (χ0) is 15.4. The van der Waals surface area contributed by atoms with Gasteiger partial charge in [-0.3, -0.25) is 9.59 Å². The quantitative estimate of drug-likeness (QED) is 0.861. The molecule has 0 bridgehead atoms. The molecule has 1 aliphatic heterocycles. The number of nitrogens with one attached hydrogen (secondary N) is 1. The van der Waals surface area contributed by atoms with Crippen molar-refractivity contribution >= 4 is 11.7 Å². The van der Waals surface area contributed by atoms with Gasteiger partial charge in [-0.15, -0.1) is 0 Å². The molecule has 1 unspecified atom stereocenters. The number of hydrogen-bond acceptors (Lipinski definition) is 3. The molecule has 0 radical (unpaired) electrons. The van der Waals surface area contributed by atoms with Gasteiger partial charge in [0.15, 0.2) is 17.4 Å². The molecule has 0 spiro atoms. The Bertz CT molecular complexity index is 548. The molecule has 1 atom stereocenters. The van der Waals surface area contributed by atoms with E-state index in [1.54, 1.807) is 4.90 Å². The minimum Gasteiger partial charge on any atom is -0.340 e. The summed E-state index contributed by atoms with van der Waals surface area (Å²) < 4.78 is 25.9. The van der Waals surface area contributed by atoms with Crippen LogP contribution in [0.2, 0.25) is 0 Å². The molecule has 1 N–H and O–H groups in total. The molecule has 1 fully saturated rings. The second-order valence-corrected chi connectivity index (χ2v) is 5.25. The number of piperazine rings is 1. The highest BCUT2D eigenvalue weighted by molar-refractivity contribution is 5.97. The summed E-state index contributed by atoms with van der Waals surface area (Å²) in [6, 6.07) is 3.26. The minimum atomic E-state index is -1.05. The Morgan fingerprint density at radius 1 is 1.29 bits per heavy atom. The fraction of sp³-hybridized carbons (Fsp3) is 0.467. The van der Waals surface area contributed by atoms with Crippen LogP contribution in [0.15, 0.2) is 18.2 Å². The summed E-state index contributed by atoms with van der Waals surface area (Å²) in [5.74, 6) is -2.48. The van der Waals surface area contributed by atoms with Gasteiger partial charge in [0.1, 0.15) is 0 Å². The maximum atomic E-state index is 13.1. The summed E-state index contributed by atoms with van der Waals surface area (Å²) in [7, 11) is 0. The second-order valence-electron chi connectivity index (χ2n) is 5.25. The van der Waals surface area contributed by atoms with Crippen LogP contribution in [0.5, 0.6) is 0 Å². The minimum absolute atomic E-state index is 0.00220. The second kappa shape index (κ2) is 6.76. The average molecular weight is 296 g/mol. The topological polar surface area (TPSA) is 49.4 Å². The summed E-state index contributed by atoms with van der Waals surface area (Å²) >= 11 is 0. The maximum absolute atomic E-state index is 13.1. The fourth-order valence-electron chi connectivity index (χ4n) is 2.35. The molecule has 0 aromatic heterocycles. The van der Waals surface area contributed by atoms with E-state index in [-0.39, 0.29) is 36.1 Å². The van der Waals surface area contributed by atoms with Crippen molar-refractivity contribution < 1.29 is 18.4 Å². The Morgan fingerprint density at radius 2 is 2.05 bits per heavy atom. The third-order valence-electron chi connectivity index (χ3n) is 3.53. The molecule has 2 rings (SSSR count). The van der Waals surface area contributed by atoms with Gasteiger partial charge >= 0.3 is 0 Å². The molecule has 1 aromatic rings. The Hall–Kier alpha value is -1.82. The van der Waals surface area contributed by atoms with E-state index in [9.17, 15) is 18.4 Å². The van der Waals surface area contributed by atoms with E-state index in [2.05, 4.69) is 5.32 Å². The van der Waals surface area contributed by atoms with Crippen molar-refractivity contribution in [3.05, 3.63) is 35.4 Å². The zero-order valence-corrected chi connectivity index (χ0v) is 11.9. The molecule has 1 amide bonds. The van der Waals surface area contributed by atoms with Crippen molar-refractivity contribution in [2.75, 3.05) is 19.6 Å². The van der Waals surface area contributed by atoms with Crippen LogP contribution in [-0.4, -0.2) is 42.3 Å². The van der Waals surface area contributed by atoms with Crippen LogP contribution in [0.3, 0.4) is 0 Å². The average Bonchev–Trinajstić information content (AvgIpc) is 2.47. The highest BCUT2D eigenvalue weighted by atomic mass is 19.2. The van der Waals surface area contributed by atoms with Gasteiger partial charge in [-0.1, -0.05) is 0 Å². The number of ketones is 1. The number of Topliss-reactive ketones (excluding diaryl/α,β-unsaturated/α-hetero) is 1. The monoisotopic (exact) mass is 296 g/mol. The number of amides is 1. The molecule has 0 aliphatic carbocycles. The lowest BCUT2D eigenvalue weighted by molar-refractivity contribution is -0.132. The first-order chi connectivity index (χ1) is 9.97. The summed E-state index contributed by atoms with van der Waals surface area (Å²) in [6.07, 6.45) is 0.0900. The number of nitrogens with zero attached hydrogens (tertiary/aromatic N) is 1. The van der Waals surface area contributed by atoms with E-state index in [1.165, 1.54) is 6.07 Å². The predicted molar refractivity (Wildman–Crippen MR) is 74.0 cm³/mol. The highest BCUT2D eigenvalue weighted by Crippen LogP contribution is 2.12. The van der Waals surface area contributed by atoms with Crippen molar-refractivity contribution in [3.8, 4) is 0 Å². The number of carbonyl (C=O) groups excluding carboxylic acids is 2. The Balaban J connectivity index is 1.88. The van der Waals surface area contributed by atoms with E-state index in [1.807, 2.05) is 6.92 Å². The number of halogens is 2. The Kier molecular flexibility index (Phi) is 5.01. The standard InChI is InChI=1S/C15H18F2N2O2/c1-10-9-19(7-6-18-10)15(21)5-4-14(20)11-2-3-12(16)13(17)8-11/h2-3,8,10,18H,4-7,9H2,1H3. The van der Waals surface area contributed by atoms with Crippen molar-refractivity contribution in [1.82, 2.24) is 10.2 Å². The molecular weight excluding hydrogens is 278 g/mol. The van der Waals surface area contributed by atoms with Gasteiger partial charge in [-0.05, 0) is 25.1 Å². The SMILES string of the molecule is CC1CN(C(=O)CCC(=O)c2ccc(F)c(F)c2)CCN1. The highest BCUT2D eigenvalue weighted by Gasteiger charge is 2.21. The molecule has 0 saturated carbocycles. The predicted octanol–water partition coefficient (Wildman–Crippen LogP) is 1.75. The zero-order valence-electron chi connectivity index (χ0n) is 11.9. The van der Waals surface area contributed by atoms with E-state index < -0.39 is 11.6 Å². The number of hydrogen-bond donors (Lipinski definition) is 1. The largest absolute Gasteiger partial charge is 0.340 e. The van der Waals surface area contributed by atoms with Crippen LogP contribution in [0.4, 0.5) is 8.78 Å². The first-order valence-electron chi connectivity index (χ1n) is 6.97. The smallest absolute Gasteiger partial charge is 0.223 e. The first kappa shape index (κ1) is 15.6. The van der Waals surface area contributed by atoms with Crippen LogP contribution in [0.25, 0.3) is 0 Å². The van der Waals surface area contributed by atoms with Crippen molar-refractivity contribution in [2.24, 2.45) is 0 Å². The lowest BCUT2D eigenvalue weighted by Gasteiger charge is -2.31. The van der Waals surface area contributed by atoms with Crippen molar-refractivity contribution in [3.63, 3.8) is 0 Å². The van der Waals surface area contributed by atoms with E-state index in [0.717, 1.165) is 18.7 Å². The van der Waals surface area contributed by atoms with Crippen LogP contribution in [0.1, 0.15) is 30.1 Å². The summed E-state index contributed by atoms with van der Waals surface area (Å²) in [6.45, 7) is 3.98. The van der Waals surface area contributed by atoms with Crippen LogP contribution in [-0.2, 0) is 4.79 Å². The van der Waals surface area contributed by atoms with Gasteiger partial charge in [0.2, 0.25) is 5.91 Å². The van der Waals surface area contributed by atoms with E-state index in [0.29, 0.717) is 13.1 Å². The molecule has 114 valence electrons. The van der Waals surface area contributed by atoms with E-state index >= 15 is 0 Å². The third kappa shape index (κ3) is 4.07. The van der Waals surface area contributed by atoms with Gasteiger partial charge in [0.25, 0.3) is 0 Å². The van der Waals surface area contributed by atoms with Crippen LogP contribution < -0.4 is 5.32 Å². The molecule has 1 saturated heterocycles. The fourth-order valence-corrected chi connectivity index (χ4v) is 2.35. The summed E-state index contributed by atoms with van der Waals surface area (Å²) in [5.41, 5.74) is 0.0929. The number of benzene rings is 1. The number of rotatable bonds is 4. The third-order valence-corrected chi connectivity index (χ3v) is 3.53. The molecule has 4 nitrogen and oxygen atoms in total. The van der Waals surface area contributed by atoms with Crippen molar-refractivity contribution in [1.29, 1.82) is 0 Å². The maximum Gasteiger partial charge on any atom is 0.223 e. The van der Waals surface area contributed by atoms with Gasteiger partial charge < -0.3 is 10.2 Å². The normalized spacial score (nSPS) is 18.6. The van der Waals surface area contributed by atoms with Gasteiger partial charge in [0.05, 0.1) is 0 Å². The summed E-state index contributed by atoms with van der Waals surface area (Å²) in [4.78, 5) is 25.6. The van der Waals surface area contributed by atoms with Gasteiger partial charge in [0, 0.05) is 44.1 Å².